The summed E-state index contributed by atoms with van der Waals surface area (Å²) in [4.78, 5) is 0. The van der Waals surface area contributed by atoms with E-state index >= 15 is 0 Å². The fraction of sp³-hybridized carbons (Fsp3) is 0.750. The van der Waals surface area contributed by atoms with E-state index in [2.05, 4.69) is 0 Å². The largest absolute Gasteiger partial charge is 0.374 e. The molecular weight excluding hydrogens is 144 g/mol. The second kappa shape index (κ2) is 2.93. The van der Waals surface area contributed by atoms with E-state index < -0.39 is 11.9 Å². The number of hydrogen-bond donors (Lipinski definition) is 1. The summed E-state index contributed by atoms with van der Waals surface area (Å²) >= 11 is 0. The van der Waals surface area contributed by atoms with Crippen LogP contribution in [0.2, 0.25) is 0 Å². The van der Waals surface area contributed by atoms with Crippen LogP contribution in [0, 0.1) is 0 Å². The molecule has 0 amide bonds. The van der Waals surface area contributed by atoms with Gasteiger partial charge in [-0.25, -0.2) is 0 Å². The lowest BCUT2D eigenvalue weighted by atomic mass is 9.99. The minimum absolute atomic E-state index is 0.0779. The summed E-state index contributed by atoms with van der Waals surface area (Å²) < 4.78 is 10.4. The Kier molecular flexibility index (Phi) is 2.32. The van der Waals surface area contributed by atoms with Crippen molar-refractivity contribution < 1.29 is 14.6 Å². The fourth-order valence-corrected chi connectivity index (χ4v) is 1.21. The lowest BCUT2D eigenvalue weighted by molar-refractivity contribution is -0.191. The van der Waals surface area contributed by atoms with Gasteiger partial charge in [0.05, 0.1) is 5.60 Å². The number of rotatable bonds is 1. The van der Waals surface area contributed by atoms with Gasteiger partial charge in [-0.05, 0) is 19.9 Å². The highest BCUT2D eigenvalue weighted by Gasteiger charge is 2.33. The van der Waals surface area contributed by atoms with E-state index in [1.165, 1.54) is 0 Å². The van der Waals surface area contributed by atoms with Crippen LogP contribution < -0.4 is 0 Å². The Labute approximate surface area is 66.6 Å². The second-order valence-electron chi connectivity index (χ2n) is 3.15. The first-order chi connectivity index (χ1) is 5.06. The van der Waals surface area contributed by atoms with Crippen LogP contribution in [0.15, 0.2) is 12.2 Å². The number of aliphatic hydroxyl groups is 1. The van der Waals surface area contributed by atoms with Crippen LogP contribution in [0.3, 0.4) is 0 Å². The maximum Gasteiger partial charge on any atom is 0.174 e. The van der Waals surface area contributed by atoms with E-state index in [4.69, 9.17) is 14.6 Å². The molecule has 11 heavy (non-hydrogen) atoms. The number of methoxy groups -OCH3 is 1. The van der Waals surface area contributed by atoms with Crippen LogP contribution >= 0.6 is 0 Å². The Morgan fingerprint density at radius 3 is 2.55 bits per heavy atom. The van der Waals surface area contributed by atoms with Crippen LogP contribution in [0.5, 0.6) is 0 Å². The molecule has 0 bridgehead atoms. The molecule has 64 valence electrons. The van der Waals surface area contributed by atoms with E-state index in [1.807, 2.05) is 19.9 Å². The Balaban J connectivity index is 2.72. The van der Waals surface area contributed by atoms with Crippen molar-refractivity contribution in [3.8, 4) is 0 Å². The average Bonchev–Trinajstić information content (AvgIpc) is 1.85. The minimum atomic E-state index is -0.795. The topological polar surface area (TPSA) is 38.7 Å². The summed E-state index contributed by atoms with van der Waals surface area (Å²) in [5, 5.41) is 9.09. The number of hydrogen-bond acceptors (Lipinski definition) is 3. The molecule has 3 nitrogen and oxygen atoms in total. The van der Waals surface area contributed by atoms with Gasteiger partial charge in [0.15, 0.2) is 6.29 Å². The molecule has 0 aliphatic carbocycles. The lowest BCUT2D eigenvalue weighted by Gasteiger charge is -2.35. The quantitative estimate of drug-likeness (QED) is 0.570. The molecule has 0 aromatic heterocycles. The van der Waals surface area contributed by atoms with Crippen molar-refractivity contribution in [2.24, 2.45) is 0 Å². The Bertz CT molecular complexity index is 163. The van der Waals surface area contributed by atoms with Gasteiger partial charge in [-0.2, -0.15) is 0 Å². The van der Waals surface area contributed by atoms with E-state index in [9.17, 15) is 0 Å². The zero-order valence-electron chi connectivity index (χ0n) is 7.07. The highest BCUT2D eigenvalue weighted by molar-refractivity contribution is 5.04. The molecule has 1 heterocycles. The van der Waals surface area contributed by atoms with Crippen LogP contribution in [0.4, 0.5) is 0 Å². The molecule has 0 spiro atoms. The monoisotopic (exact) mass is 158 g/mol. The van der Waals surface area contributed by atoms with Gasteiger partial charge in [0.1, 0.15) is 6.10 Å². The summed E-state index contributed by atoms with van der Waals surface area (Å²) in [5.41, 5.74) is -0.442. The van der Waals surface area contributed by atoms with Crippen LogP contribution in [0.25, 0.3) is 0 Å². The predicted octanol–water partition coefficient (Wildman–Crippen LogP) is 0.685. The van der Waals surface area contributed by atoms with Crippen molar-refractivity contribution in [1.82, 2.24) is 0 Å². The molecule has 0 saturated heterocycles. The Hall–Kier alpha value is -0.380. The SMILES string of the molecule is CO[C@@H]1C=C[C@H](O)OC1(C)C. The zero-order valence-corrected chi connectivity index (χ0v) is 7.07. The Morgan fingerprint density at radius 2 is 2.09 bits per heavy atom. The van der Waals surface area contributed by atoms with Gasteiger partial charge in [0, 0.05) is 7.11 Å². The third-order valence-electron chi connectivity index (χ3n) is 1.81. The zero-order chi connectivity index (χ0) is 8.48. The molecule has 1 rings (SSSR count). The van der Waals surface area contributed by atoms with Crippen LogP contribution in [-0.4, -0.2) is 30.2 Å². The number of ether oxygens (including phenoxy) is 2. The predicted molar refractivity (Wildman–Crippen MR) is 41.1 cm³/mol. The van der Waals surface area contributed by atoms with Gasteiger partial charge in [-0.3, -0.25) is 0 Å². The van der Waals surface area contributed by atoms with Crippen molar-refractivity contribution in [3.63, 3.8) is 0 Å². The molecule has 2 atom stereocenters. The Morgan fingerprint density at radius 1 is 1.45 bits per heavy atom. The van der Waals surface area contributed by atoms with Crippen molar-refractivity contribution in [2.75, 3.05) is 7.11 Å². The molecule has 0 unspecified atom stereocenters. The summed E-state index contributed by atoms with van der Waals surface area (Å²) in [6, 6.07) is 0. The molecular formula is C8H14O3. The molecule has 1 aliphatic rings. The first-order valence-electron chi connectivity index (χ1n) is 3.63. The molecule has 0 aromatic rings. The summed E-state index contributed by atoms with van der Waals surface area (Å²) in [5.74, 6) is 0. The van der Waals surface area contributed by atoms with Gasteiger partial charge in [-0.15, -0.1) is 0 Å². The maximum absolute atomic E-state index is 9.09. The first-order valence-corrected chi connectivity index (χ1v) is 3.63. The van der Waals surface area contributed by atoms with Gasteiger partial charge < -0.3 is 14.6 Å². The van der Waals surface area contributed by atoms with Crippen molar-refractivity contribution in [1.29, 1.82) is 0 Å². The van der Waals surface area contributed by atoms with Crippen LogP contribution in [0.1, 0.15) is 13.8 Å². The first kappa shape index (κ1) is 8.71. The number of aliphatic hydroxyl groups excluding tert-OH is 1. The van der Waals surface area contributed by atoms with Crippen molar-refractivity contribution in [3.05, 3.63) is 12.2 Å². The molecule has 0 radical (unpaired) electrons. The average molecular weight is 158 g/mol. The van der Waals surface area contributed by atoms with E-state index in [0.29, 0.717) is 0 Å². The maximum atomic E-state index is 9.09. The van der Waals surface area contributed by atoms with Gasteiger partial charge in [0.25, 0.3) is 0 Å². The third kappa shape index (κ3) is 1.80. The van der Waals surface area contributed by atoms with Gasteiger partial charge in [-0.1, -0.05) is 6.08 Å². The van der Waals surface area contributed by atoms with Crippen molar-refractivity contribution in [2.45, 2.75) is 31.8 Å². The molecule has 0 aromatic carbocycles. The summed E-state index contributed by atoms with van der Waals surface area (Å²) in [7, 11) is 1.62. The standard InChI is InChI=1S/C8H14O3/c1-8(2)6(10-3)4-5-7(9)11-8/h4-7,9H,1-3H3/t6-,7-/m1/s1. The summed E-state index contributed by atoms with van der Waals surface area (Å²) in [6.45, 7) is 3.77. The molecule has 1 aliphatic heterocycles. The highest BCUT2D eigenvalue weighted by atomic mass is 16.6. The molecule has 0 fully saturated rings. The molecule has 0 saturated carbocycles. The molecule has 3 heteroatoms. The van der Waals surface area contributed by atoms with Gasteiger partial charge >= 0.3 is 0 Å². The smallest absolute Gasteiger partial charge is 0.174 e. The van der Waals surface area contributed by atoms with Gasteiger partial charge in [0.2, 0.25) is 0 Å². The third-order valence-corrected chi connectivity index (χ3v) is 1.81. The second-order valence-corrected chi connectivity index (χ2v) is 3.15. The normalized spacial score (nSPS) is 35.6. The van der Waals surface area contributed by atoms with Crippen LogP contribution in [-0.2, 0) is 9.47 Å². The van der Waals surface area contributed by atoms with E-state index in [-0.39, 0.29) is 6.10 Å². The highest BCUT2D eigenvalue weighted by Crippen LogP contribution is 2.24. The minimum Gasteiger partial charge on any atom is -0.374 e. The fourth-order valence-electron chi connectivity index (χ4n) is 1.21. The lowest BCUT2D eigenvalue weighted by Crippen LogP contribution is -2.44. The summed E-state index contributed by atoms with van der Waals surface area (Å²) in [6.07, 6.45) is 2.52. The molecule has 1 N–H and O–H groups in total. The van der Waals surface area contributed by atoms with E-state index in [1.54, 1.807) is 13.2 Å². The van der Waals surface area contributed by atoms with E-state index in [0.717, 1.165) is 0 Å². The van der Waals surface area contributed by atoms with Crippen molar-refractivity contribution >= 4 is 0 Å².